The molecule has 0 spiro atoms. The van der Waals surface area contributed by atoms with Gasteiger partial charge < -0.3 is 15.5 Å². The van der Waals surface area contributed by atoms with Crippen molar-refractivity contribution in [2.75, 3.05) is 25.4 Å². The number of nitrogens with two attached hydrogens (primary N) is 1. The molecule has 3 heterocycles. The molecule has 0 aromatic carbocycles. The highest BCUT2D eigenvalue weighted by Gasteiger charge is 2.29. The number of amides is 2. The van der Waals surface area contributed by atoms with Gasteiger partial charge in [0, 0.05) is 43.9 Å². The number of nitrogens with zero attached hydrogens (tertiary/aromatic N) is 3. The Labute approximate surface area is 136 Å². The second-order valence-corrected chi connectivity index (χ2v) is 6.39. The van der Waals surface area contributed by atoms with Crippen molar-refractivity contribution in [3.63, 3.8) is 0 Å². The van der Waals surface area contributed by atoms with Crippen LogP contribution in [0.4, 0.5) is 5.82 Å². The Balaban J connectivity index is 1.66. The van der Waals surface area contributed by atoms with Gasteiger partial charge in [0.05, 0.1) is 0 Å². The van der Waals surface area contributed by atoms with Crippen molar-refractivity contribution >= 4 is 17.6 Å². The number of anilines is 1. The quantitative estimate of drug-likeness (QED) is 0.916. The molecule has 2 aliphatic heterocycles. The Kier molecular flexibility index (Phi) is 4.79. The summed E-state index contributed by atoms with van der Waals surface area (Å²) in [6, 6.07) is 3.56. The van der Waals surface area contributed by atoms with Crippen LogP contribution in [-0.4, -0.2) is 52.3 Å². The second-order valence-electron chi connectivity index (χ2n) is 6.39. The zero-order valence-electron chi connectivity index (χ0n) is 13.4. The molecular formula is C17H24N4O2. The first-order valence-electron chi connectivity index (χ1n) is 8.45. The van der Waals surface area contributed by atoms with Crippen LogP contribution in [0.3, 0.4) is 0 Å². The summed E-state index contributed by atoms with van der Waals surface area (Å²) in [7, 11) is 0. The number of rotatable bonds is 4. The summed E-state index contributed by atoms with van der Waals surface area (Å²) in [5, 5.41) is 0. The first-order chi connectivity index (χ1) is 11.1. The van der Waals surface area contributed by atoms with E-state index in [4.69, 9.17) is 5.73 Å². The molecule has 2 N–H and O–H groups in total. The topological polar surface area (TPSA) is 79.5 Å². The number of carbonyl (C=O) groups is 2. The first-order valence-corrected chi connectivity index (χ1v) is 8.45. The molecule has 6 nitrogen and oxygen atoms in total. The van der Waals surface area contributed by atoms with Crippen molar-refractivity contribution in [3.8, 4) is 0 Å². The van der Waals surface area contributed by atoms with Crippen LogP contribution in [0.25, 0.3) is 0 Å². The van der Waals surface area contributed by atoms with Crippen molar-refractivity contribution in [1.29, 1.82) is 0 Å². The molecule has 1 aromatic heterocycles. The van der Waals surface area contributed by atoms with Crippen LogP contribution in [0.15, 0.2) is 18.3 Å². The van der Waals surface area contributed by atoms with Crippen molar-refractivity contribution in [3.05, 3.63) is 23.9 Å². The third-order valence-corrected chi connectivity index (χ3v) is 4.82. The highest BCUT2D eigenvalue weighted by molar-refractivity contribution is 5.95. The molecule has 0 bridgehead atoms. The second kappa shape index (κ2) is 6.98. The minimum absolute atomic E-state index is 0.0246. The predicted octanol–water partition coefficient (Wildman–Crippen LogP) is 1.67. The van der Waals surface area contributed by atoms with Gasteiger partial charge >= 0.3 is 0 Å². The molecule has 0 aliphatic carbocycles. The fourth-order valence-corrected chi connectivity index (χ4v) is 3.56. The van der Waals surface area contributed by atoms with Gasteiger partial charge in [-0.2, -0.15) is 0 Å². The lowest BCUT2D eigenvalue weighted by atomic mass is 9.98. The third kappa shape index (κ3) is 3.63. The minimum atomic E-state index is 0.0246. The molecule has 2 fully saturated rings. The van der Waals surface area contributed by atoms with Crippen LogP contribution in [0.1, 0.15) is 48.9 Å². The average molecular weight is 316 g/mol. The molecular weight excluding hydrogens is 292 g/mol. The van der Waals surface area contributed by atoms with Crippen LogP contribution in [0.2, 0.25) is 0 Å². The zero-order valence-corrected chi connectivity index (χ0v) is 13.4. The predicted molar refractivity (Wildman–Crippen MR) is 87.8 cm³/mol. The van der Waals surface area contributed by atoms with Crippen molar-refractivity contribution in [2.45, 2.75) is 44.6 Å². The van der Waals surface area contributed by atoms with E-state index in [1.165, 1.54) is 0 Å². The Bertz CT molecular complexity index is 590. The normalized spacial score (nSPS) is 21.7. The summed E-state index contributed by atoms with van der Waals surface area (Å²) in [6.45, 7) is 2.39. The van der Waals surface area contributed by atoms with Crippen LogP contribution in [0.5, 0.6) is 0 Å². The maximum Gasteiger partial charge on any atom is 0.254 e. The zero-order chi connectivity index (χ0) is 16.2. The number of hydrogen-bond donors (Lipinski definition) is 1. The smallest absolute Gasteiger partial charge is 0.254 e. The number of nitrogen functional groups attached to an aromatic ring is 1. The SMILES string of the molecule is Nc1cc(C(=O)N2CCCCC2CCN2CCCC2=O)ccn1. The lowest BCUT2D eigenvalue weighted by molar-refractivity contribution is -0.127. The average Bonchev–Trinajstić information content (AvgIpc) is 2.97. The van der Waals surface area contributed by atoms with E-state index < -0.39 is 0 Å². The fourth-order valence-electron chi connectivity index (χ4n) is 3.56. The lowest BCUT2D eigenvalue weighted by Gasteiger charge is -2.36. The van der Waals surface area contributed by atoms with Gasteiger partial charge in [-0.3, -0.25) is 9.59 Å². The van der Waals surface area contributed by atoms with Gasteiger partial charge in [0.2, 0.25) is 5.91 Å². The van der Waals surface area contributed by atoms with Gasteiger partial charge in [-0.05, 0) is 44.2 Å². The van der Waals surface area contributed by atoms with E-state index in [0.29, 0.717) is 17.8 Å². The van der Waals surface area contributed by atoms with E-state index in [9.17, 15) is 9.59 Å². The molecule has 124 valence electrons. The van der Waals surface area contributed by atoms with E-state index in [-0.39, 0.29) is 17.9 Å². The Morgan fingerprint density at radius 1 is 1.30 bits per heavy atom. The third-order valence-electron chi connectivity index (χ3n) is 4.82. The number of likely N-dealkylation sites (tertiary alicyclic amines) is 2. The Hall–Kier alpha value is -2.11. The van der Waals surface area contributed by atoms with Crippen molar-refractivity contribution in [2.24, 2.45) is 0 Å². The number of aromatic nitrogens is 1. The number of pyridine rings is 1. The van der Waals surface area contributed by atoms with E-state index in [1.54, 1.807) is 18.3 Å². The minimum Gasteiger partial charge on any atom is -0.384 e. The molecule has 2 aliphatic rings. The van der Waals surface area contributed by atoms with Crippen LogP contribution < -0.4 is 5.73 Å². The molecule has 23 heavy (non-hydrogen) atoms. The van der Waals surface area contributed by atoms with E-state index in [2.05, 4.69) is 4.98 Å². The number of piperidine rings is 1. The number of carbonyl (C=O) groups excluding carboxylic acids is 2. The first kappa shape index (κ1) is 15.8. The molecule has 2 amide bonds. The Morgan fingerprint density at radius 2 is 2.17 bits per heavy atom. The fraction of sp³-hybridized carbons (Fsp3) is 0.588. The Morgan fingerprint density at radius 3 is 2.91 bits per heavy atom. The van der Waals surface area contributed by atoms with Gasteiger partial charge in [0.15, 0.2) is 0 Å². The highest BCUT2D eigenvalue weighted by Crippen LogP contribution is 2.23. The van der Waals surface area contributed by atoms with Gasteiger partial charge in [-0.15, -0.1) is 0 Å². The summed E-state index contributed by atoms with van der Waals surface area (Å²) in [5.74, 6) is 0.643. The summed E-state index contributed by atoms with van der Waals surface area (Å²) >= 11 is 0. The van der Waals surface area contributed by atoms with Gasteiger partial charge in [-0.1, -0.05) is 0 Å². The van der Waals surface area contributed by atoms with Gasteiger partial charge in [0.25, 0.3) is 5.91 Å². The monoisotopic (exact) mass is 316 g/mol. The van der Waals surface area contributed by atoms with E-state index in [1.807, 2.05) is 9.80 Å². The molecule has 6 heteroatoms. The van der Waals surface area contributed by atoms with Crippen LogP contribution in [-0.2, 0) is 4.79 Å². The standard InChI is InChI=1S/C17H24N4O2/c18-15-12-13(6-8-19-15)17(23)21-10-2-1-4-14(21)7-11-20-9-3-5-16(20)22/h6,8,12,14H,1-5,7,9-11H2,(H2,18,19). The maximum absolute atomic E-state index is 12.8. The van der Waals surface area contributed by atoms with Crippen molar-refractivity contribution in [1.82, 2.24) is 14.8 Å². The van der Waals surface area contributed by atoms with Crippen LogP contribution in [0, 0.1) is 0 Å². The number of hydrogen-bond acceptors (Lipinski definition) is 4. The summed E-state index contributed by atoms with van der Waals surface area (Å²) in [6.07, 6.45) is 7.25. The van der Waals surface area contributed by atoms with E-state index >= 15 is 0 Å². The summed E-state index contributed by atoms with van der Waals surface area (Å²) in [5.41, 5.74) is 6.29. The molecule has 0 saturated carbocycles. The van der Waals surface area contributed by atoms with Gasteiger partial charge in [-0.25, -0.2) is 4.98 Å². The van der Waals surface area contributed by atoms with Crippen LogP contribution >= 0.6 is 0 Å². The molecule has 1 unspecified atom stereocenters. The molecule has 0 radical (unpaired) electrons. The van der Waals surface area contributed by atoms with Crippen molar-refractivity contribution < 1.29 is 9.59 Å². The molecule has 1 atom stereocenters. The lowest BCUT2D eigenvalue weighted by Crippen LogP contribution is -2.45. The molecule has 3 rings (SSSR count). The van der Waals surface area contributed by atoms with E-state index in [0.717, 1.165) is 51.7 Å². The van der Waals surface area contributed by atoms with Gasteiger partial charge in [0.1, 0.15) is 5.82 Å². The largest absolute Gasteiger partial charge is 0.384 e. The maximum atomic E-state index is 12.8. The summed E-state index contributed by atoms with van der Waals surface area (Å²) in [4.78, 5) is 32.4. The molecule has 2 saturated heterocycles. The molecule has 1 aromatic rings. The highest BCUT2D eigenvalue weighted by atomic mass is 16.2. The summed E-state index contributed by atoms with van der Waals surface area (Å²) < 4.78 is 0.